The molecule has 1 rings (SSSR count). The molecular weight excluding hydrogens is 236 g/mol. The van der Waals surface area contributed by atoms with Gasteiger partial charge in [-0.2, -0.15) is 0 Å². The maximum atomic E-state index is 12.1. The van der Waals surface area contributed by atoms with E-state index in [2.05, 4.69) is 0 Å². The van der Waals surface area contributed by atoms with Crippen molar-refractivity contribution in [3.8, 4) is 0 Å². The van der Waals surface area contributed by atoms with Crippen molar-refractivity contribution < 1.29 is 19.1 Å². The molecule has 0 aliphatic carbocycles. The smallest absolute Gasteiger partial charge is 0.411 e. The number of rotatable bonds is 3. The average Bonchev–Trinajstić information content (AvgIpc) is 2.60. The Morgan fingerprint density at radius 3 is 2.44 bits per heavy atom. The molecule has 1 aliphatic rings. The van der Waals surface area contributed by atoms with Crippen LogP contribution in [0.15, 0.2) is 0 Å². The van der Waals surface area contributed by atoms with Gasteiger partial charge in [0.2, 0.25) is 5.91 Å². The highest BCUT2D eigenvalue weighted by Crippen LogP contribution is 2.31. The summed E-state index contributed by atoms with van der Waals surface area (Å²) in [7, 11) is 1.48. The molecule has 2 amide bonds. The fraction of sp³-hybridized carbons (Fsp3) is 0.833. The molecule has 1 atom stereocenters. The predicted octanol–water partition coefficient (Wildman–Crippen LogP) is 0.888. The Hall–Kier alpha value is -1.30. The van der Waals surface area contributed by atoms with E-state index in [1.54, 1.807) is 20.8 Å². The summed E-state index contributed by atoms with van der Waals surface area (Å²) in [5, 5.41) is 0. The summed E-state index contributed by atoms with van der Waals surface area (Å²) in [4.78, 5) is 25.2. The standard InChI is InChI=1S/C12H22N2O4/c1-11(2,3)18-10(16)14-7-5-6-12(14,8-17-4)9(13)15/h5-8H2,1-4H3,(H2,13,15). The highest BCUT2D eigenvalue weighted by Gasteiger charge is 2.50. The van der Waals surface area contributed by atoms with Crippen molar-refractivity contribution in [2.75, 3.05) is 20.3 Å². The van der Waals surface area contributed by atoms with Gasteiger partial charge in [-0.1, -0.05) is 0 Å². The molecule has 2 N–H and O–H groups in total. The molecule has 6 nitrogen and oxygen atoms in total. The van der Waals surface area contributed by atoms with Gasteiger partial charge in [0.15, 0.2) is 0 Å². The van der Waals surface area contributed by atoms with Crippen LogP contribution in [-0.2, 0) is 14.3 Å². The number of nitrogens with two attached hydrogens (primary N) is 1. The van der Waals surface area contributed by atoms with Crippen molar-refractivity contribution in [3.05, 3.63) is 0 Å². The minimum atomic E-state index is -1.07. The summed E-state index contributed by atoms with van der Waals surface area (Å²) in [6, 6.07) is 0. The molecule has 0 radical (unpaired) electrons. The van der Waals surface area contributed by atoms with Gasteiger partial charge in [-0.3, -0.25) is 9.69 Å². The Balaban J connectivity index is 2.92. The first kappa shape index (κ1) is 14.8. The van der Waals surface area contributed by atoms with E-state index < -0.39 is 23.1 Å². The molecule has 0 aromatic rings. The Morgan fingerprint density at radius 1 is 1.39 bits per heavy atom. The van der Waals surface area contributed by atoms with Gasteiger partial charge < -0.3 is 15.2 Å². The largest absolute Gasteiger partial charge is 0.444 e. The quantitative estimate of drug-likeness (QED) is 0.815. The van der Waals surface area contributed by atoms with Crippen LogP contribution < -0.4 is 5.73 Å². The summed E-state index contributed by atoms with van der Waals surface area (Å²) in [5.41, 5.74) is 3.77. The Morgan fingerprint density at radius 2 is 2.00 bits per heavy atom. The van der Waals surface area contributed by atoms with Crippen LogP contribution in [0.25, 0.3) is 0 Å². The average molecular weight is 258 g/mol. The van der Waals surface area contributed by atoms with Crippen molar-refractivity contribution in [2.45, 2.75) is 44.8 Å². The molecule has 0 aromatic heterocycles. The third-order valence-electron chi connectivity index (χ3n) is 2.94. The molecule has 104 valence electrons. The van der Waals surface area contributed by atoms with Crippen molar-refractivity contribution >= 4 is 12.0 Å². The SMILES string of the molecule is COCC1(C(N)=O)CCCN1C(=O)OC(C)(C)C. The van der Waals surface area contributed by atoms with Crippen molar-refractivity contribution in [1.82, 2.24) is 4.90 Å². The second kappa shape index (κ2) is 5.14. The minimum Gasteiger partial charge on any atom is -0.444 e. The number of primary amides is 1. The van der Waals surface area contributed by atoms with Gasteiger partial charge in [-0.25, -0.2) is 4.79 Å². The molecule has 0 bridgehead atoms. The molecule has 0 saturated carbocycles. The van der Waals surface area contributed by atoms with Crippen molar-refractivity contribution in [2.24, 2.45) is 5.73 Å². The van der Waals surface area contributed by atoms with Gasteiger partial charge in [-0.15, -0.1) is 0 Å². The molecule has 1 saturated heterocycles. The minimum absolute atomic E-state index is 0.0988. The Labute approximate surface area is 107 Å². The zero-order valence-electron chi connectivity index (χ0n) is 11.5. The first-order valence-electron chi connectivity index (χ1n) is 6.02. The predicted molar refractivity (Wildman–Crippen MR) is 66.0 cm³/mol. The summed E-state index contributed by atoms with van der Waals surface area (Å²) in [5.74, 6) is -0.548. The van der Waals surface area contributed by atoms with Crippen LogP contribution >= 0.6 is 0 Å². The summed E-state index contributed by atoms with van der Waals surface area (Å²) in [6.45, 7) is 5.90. The van der Waals surface area contributed by atoms with Gasteiger partial charge >= 0.3 is 6.09 Å². The molecule has 0 aromatic carbocycles. The monoisotopic (exact) mass is 258 g/mol. The van der Waals surface area contributed by atoms with E-state index in [9.17, 15) is 9.59 Å². The van der Waals surface area contributed by atoms with E-state index in [0.29, 0.717) is 19.4 Å². The normalized spacial score (nSPS) is 24.1. The highest BCUT2D eigenvalue weighted by molar-refractivity contribution is 5.89. The molecule has 1 aliphatic heterocycles. The summed E-state index contributed by atoms with van der Waals surface area (Å²) >= 11 is 0. The van der Waals surface area contributed by atoms with Crippen LogP contribution in [0.2, 0.25) is 0 Å². The third kappa shape index (κ3) is 2.93. The zero-order valence-corrected chi connectivity index (χ0v) is 11.5. The molecular formula is C12H22N2O4. The zero-order chi connectivity index (χ0) is 14.0. The number of carbonyl (C=O) groups is 2. The lowest BCUT2D eigenvalue weighted by Gasteiger charge is -2.36. The molecule has 6 heteroatoms. The van der Waals surface area contributed by atoms with E-state index in [-0.39, 0.29) is 6.61 Å². The Kier molecular flexibility index (Phi) is 4.21. The third-order valence-corrected chi connectivity index (χ3v) is 2.94. The lowest BCUT2D eigenvalue weighted by atomic mass is 9.96. The summed E-state index contributed by atoms with van der Waals surface area (Å²) in [6.07, 6.45) is 0.705. The van der Waals surface area contributed by atoms with Crippen LogP contribution in [0, 0.1) is 0 Å². The maximum absolute atomic E-state index is 12.1. The number of methoxy groups -OCH3 is 1. The van der Waals surface area contributed by atoms with Gasteiger partial charge in [0, 0.05) is 13.7 Å². The van der Waals surface area contributed by atoms with E-state index >= 15 is 0 Å². The first-order chi connectivity index (χ1) is 8.23. The van der Waals surface area contributed by atoms with E-state index in [1.807, 2.05) is 0 Å². The van der Waals surface area contributed by atoms with E-state index in [4.69, 9.17) is 15.2 Å². The molecule has 1 unspecified atom stereocenters. The number of nitrogens with zero attached hydrogens (tertiary/aromatic N) is 1. The van der Waals surface area contributed by atoms with Gasteiger partial charge in [0.05, 0.1) is 6.61 Å². The number of hydrogen-bond acceptors (Lipinski definition) is 4. The second-order valence-electron chi connectivity index (χ2n) is 5.56. The first-order valence-corrected chi connectivity index (χ1v) is 6.02. The van der Waals surface area contributed by atoms with Crippen LogP contribution in [0.3, 0.4) is 0 Å². The van der Waals surface area contributed by atoms with Crippen LogP contribution in [0.5, 0.6) is 0 Å². The van der Waals surface area contributed by atoms with Gasteiger partial charge in [0.25, 0.3) is 0 Å². The lowest BCUT2D eigenvalue weighted by Crippen LogP contribution is -2.59. The van der Waals surface area contributed by atoms with Crippen molar-refractivity contribution in [3.63, 3.8) is 0 Å². The maximum Gasteiger partial charge on any atom is 0.411 e. The topological polar surface area (TPSA) is 81.9 Å². The molecule has 0 spiro atoms. The number of likely N-dealkylation sites (tertiary alicyclic amines) is 1. The van der Waals surface area contributed by atoms with Crippen LogP contribution in [0.1, 0.15) is 33.6 Å². The number of carbonyl (C=O) groups excluding carboxylic acids is 2. The highest BCUT2D eigenvalue weighted by atomic mass is 16.6. The van der Waals surface area contributed by atoms with Gasteiger partial charge in [-0.05, 0) is 33.6 Å². The van der Waals surface area contributed by atoms with Crippen LogP contribution in [-0.4, -0.2) is 48.3 Å². The van der Waals surface area contributed by atoms with Gasteiger partial charge in [0.1, 0.15) is 11.1 Å². The van der Waals surface area contributed by atoms with Crippen LogP contribution in [0.4, 0.5) is 4.79 Å². The number of amides is 2. The number of hydrogen-bond donors (Lipinski definition) is 1. The fourth-order valence-corrected chi connectivity index (χ4v) is 2.18. The van der Waals surface area contributed by atoms with E-state index in [0.717, 1.165) is 0 Å². The lowest BCUT2D eigenvalue weighted by molar-refractivity contribution is -0.131. The summed E-state index contributed by atoms with van der Waals surface area (Å²) < 4.78 is 10.3. The molecule has 18 heavy (non-hydrogen) atoms. The van der Waals surface area contributed by atoms with Crippen molar-refractivity contribution in [1.29, 1.82) is 0 Å². The fourth-order valence-electron chi connectivity index (χ4n) is 2.18. The molecule has 1 fully saturated rings. The second-order valence-corrected chi connectivity index (χ2v) is 5.56. The molecule has 1 heterocycles. The Bertz CT molecular complexity index is 337. The number of ether oxygens (including phenoxy) is 2. The van der Waals surface area contributed by atoms with E-state index in [1.165, 1.54) is 12.0 Å².